The van der Waals surface area contributed by atoms with E-state index < -0.39 is 0 Å². The molecule has 0 aliphatic carbocycles. The Kier molecular flexibility index (Phi) is 2.64. The lowest BCUT2D eigenvalue weighted by atomic mass is 10.3. The first-order chi connectivity index (χ1) is 5.87. The fourth-order valence-electron chi connectivity index (χ4n) is 1.52. The van der Waals surface area contributed by atoms with E-state index in [1.54, 1.807) is 11.8 Å². The molecule has 2 fully saturated rings. The topological polar surface area (TPSA) is 41.1 Å². The molecule has 0 radical (unpaired) electrons. The molecule has 68 valence electrons. The van der Waals surface area contributed by atoms with Gasteiger partial charge >= 0.3 is 0 Å². The zero-order chi connectivity index (χ0) is 8.44. The van der Waals surface area contributed by atoms with Gasteiger partial charge in [-0.1, -0.05) is 0 Å². The summed E-state index contributed by atoms with van der Waals surface area (Å²) in [4.78, 5) is 10.6. The third-order valence-corrected chi connectivity index (χ3v) is 4.95. The summed E-state index contributed by atoms with van der Waals surface area (Å²) in [7, 11) is 0. The van der Waals surface area contributed by atoms with Crippen LogP contribution >= 0.6 is 23.5 Å². The molecule has 0 aromatic heterocycles. The molecule has 2 rings (SSSR count). The molecule has 5 heteroatoms. The Morgan fingerprint density at radius 1 is 1.42 bits per heavy atom. The van der Waals surface area contributed by atoms with Gasteiger partial charge in [0.15, 0.2) is 6.29 Å². The average Bonchev–Trinajstić information content (AvgIpc) is 2.76. The second-order valence-electron chi connectivity index (χ2n) is 2.89. The Morgan fingerprint density at radius 3 is 2.83 bits per heavy atom. The number of hydrogen-bond donors (Lipinski definition) is 2. The molecule has 0 spiro atoms. The van der Waals surface area contributed by atoms with Crippen molar-refractivity contribution in [3.63, 3.8) is 0 Å². The quantitative estimate of drug-likeness (QED) is 0.614. The zero-order valence-corrected chi connectivity index (χ0v) is 8.34. The largest absolute Gasteiger partial charge is 0.302 e. The van der Waals surface area contributed by atoms with Gasteiger partial charge < -0.3 is 10.1 Å². The van der Waals surface area contributed by atoms with E-state index in [0.29, 0.717) is 0 Å². The van der Waals surface area contributed by atoms with Gasteiger partial charge in [0.05, 0.1) is 5.37 Å². The smallest absolute Gasteiger partial charge is 0.152 e. The molecule has 12 heavy (non-hydrogen) atoms. The van der Waals surface area contributed by atoms with E-state index in [-0.39, 0.29) is 10.2 Å². The molecule has 0 aromatic rings. The Bertz CT molecular complexity index is 176. The molecule has 2 saturated heterocycles. The monoisotopic (exact) mass is 204 g/mol. The maximum atomic E-state index is 11.0. The average molecular weight is 204 g/mol. The van der Waals surface area contributed by atoms with Gasteiger partial charge in [-0.25, -0.2) is 0 Å². The lowest BCUT2D eigenvalue weighted by molar-refractivity contribution is -0.110. The van der Waals surface area contributed by atoms with Gasteiger partial charge in [0.1, 0.15) is 4.87 Å². The Morgan fingerprint density at radius 2 is 2.33 bits per heavy atom. The summed E-state index contributed by atoms with van der Waals surface area (Å²) in [5.41, 5.74) is 0. The van der Waals surface area contributed by atoms with Crippen LogP contribution in [-0.2, 0) is 4.79 Å². The van der Waals surface area contributed by atoms with Crippen molar-refractivity contribution in [1.29, 1.82) is 0 Å². The van der Waals surface area contributed by atoms with E-state index >= 15 is 0 Å². The highest BCUT2D eigenvalue weighted by Crippen LogP contribution is 2.35. The highest BCUT2D eigenvalue weighted by Gasteiger charge is 2.43. The van der Waals surface area contributed by atoms with Crippen LogP contribution in [0.4, 0.5) is 0 Å². The van der Waals surface area contributed by atoms with E-state index in [1.807, 2.05) is 11.8 Å². The van der Waals surface area contributed by atoms with Crippen LogP contribution < -0.4 is 10.6 Å². The maximum absolute atomic E-state index is 11.0. The molecule has 0 aromatic carbocycles. The molecular formula is C7H12N2OS2. The van der Waals surface area contributed by atoms with E-state index in [2.05, 4.69) is 10.6 Å². The van der Waals surface area contributed by atoms with Crippen LogP contribution in [0.25, 0.3) is 0 Å². The van der Waals surface area contributed by atoms with Crippen molar-refractivity contribution in [3.05, 3.63) is 0 Å². The predicted molar refractivity (Wildman–Crippen MR) is 53.5 cm³/mol. The predicted octanol–water partition coefficient (Wildman–Crippen LogP) is -0.119. The van der Waals surface area contributed by atoms with Gasteiger partial charge in [0, 0.05) is 24.6 Å². The van der Waals surface area contributed by atoms with Gasteiger partial charge in [-0.3, -0.25) is 5.32 Å². The van der Waals surface area contributed by atoms with Crippen LogP contribution in [0.5, 0.6) is 0 Å². The van der Waals surface area contributed by atoms with E-state index in [4.69, 9.17) is 0 Å². The maximum Gasteiger partial charge on any atom is 0.152 e. The van der Waals surface area contributed by atoms with Crippen molar-refractivity contribution in [2.45, 2.75) is 10.2 Å². The summed E-state index contributed by atoms with van der Waals surface area (Å²) in [5, 5.41) is 6.88. The Labute approximate surface area is 80.4 Å². The van der Waals surface area contributed by atoms with Gasteiger partial charge in [-0.2, -0.15) is 0 Å². The van der Waals surface area contributed by atoms with Crippen molar-refractivity contribution >= 4 is 29.8 Å². The number of hydrogen-bond acceptors (Lipinski definition) is 5. The van der Waals surface area contributed by atoms with Gasteiger partial charge in [-0.05, 0) is 0 Å². The fraction of sp³-hybridized carbons (Fsp3) is 0.857. The highest BCUT2D eigenvalue weighted by atomic mass is 32.2. The molecule has 0 saturated carbocycles. The number of carbonyl (C=O) groups is 1. The number of aldehydes is 1. The van der Waals surface area contributed by atoms with Crippen molar-refractivity contribution in [2.75, 3.05) is 24.6 Å². The normalized spacial score (nSPS) is 41.8. The van der Waals surface area contributed by atoms with E-state index in [0.717, 1.165) is 30.9 Å². The summed E-state index contributed by atoms with van der Waals surface area (Å²) in [6.07, 6.45) is 1.06. The number of rotatable bonds is 2. The van der Waals surface area contributed by atoms with Gasteiger partial charge in [-0.15, -0.1) is 23.5 Å². The van der Waals surface area contributed by atoms with Crippen molar-refractivity contribution in [2.24, 2.45) is 0 Å². The molecule has 0 bridgehead atoms. The molecule has 2 aliphatic rings. The first-order valence-corrected chi connectivity index (χ1v) is 6.11. The molecule has 2 heterocycles. The molecule has 2 unspecified atom stereocenters. The minimum absolute atomic E-state index is 0.266. The number of thioether (sulfide) groups is 2. The minimum atomic E-state index is -0.346. The van der Waals surface area contributed by atoms with Crippen LogP contribution in [0.15, 0.2) is 0 Å². The van der Waals surface area contributed by atoms with Gasteiger partial charge in [0.25, 0.3) is 0 Å². The van der Waals surface area contributed by atoms with Crippen LogP contribution in [0, 0.1) is 0 Å². The van der Waals surface area contributed by atoms with Crippen LogP contribution in [-0.4, -0.2) is 41.1 Å². The molecule has 2 N–H and O–H groups in total. The second-order valence-corrected chi connectivity index (χ2v) is 5.48. The lowest BCUT2D eigenvalue weighted by Gasteiger charge is -2.27. The Hall–Kier alpha value is 0.290. The standard InChI is InChI=1S/C7H12N2OS2/c10-5-7(9-2-4-12-7)6-8-1-3-11-6/h5-6,8-9H,1-4H2. The number of carbonyl (C=O) groups excluding carboxylic acids is 1. The first kappa shape index (κ1) is 8.87. The molecular weight excluding hydrogens is 192 g/mol. The molecule has 0 amide bonds. The van der Waals surface area contributed by atoms with E-state index in [9.17, 15) is 4.79 Å². The lowest BCUT2D eigenvalue weighted by Crippen LogP contribution is -2.52. The minimum Gasteiger partial charge on any atom is -0.302 e. The van der Waals surface area contributed by atoms with Crippen molar-refractivity contribution in [3.8, 4) is 0 Å². The van der Waals surface area contributed by atoms with E-state index in [1.165, 1.54) is 0 Å². The summed E-state index contributed by atoms with van der Waals surface area (Å²) >= 11 is 3.56. The highest BCUT2D eigenvalue weighted by molar-refractivity contribution is 8.05. The summed E-state index contributed by atoms with van der Waals surface area (Å²) < 4.78 is 0. The molecule has 2 aliphatic heterocycles. The second kappa shape index (κ2) is 3.57. The summed E-state index contributed by atoms with van der Waals surface area (Å²) in [6, 6.07) is 0. The van der Waals surface area contributed by atoms with Crippen molar-refractivity contribution in [1.82, 2.24) is 10.6 Å². The summed E-state index contributed by atoms with van der Waals surface area (Å²) in [5.74, 6) is 2.15. The number of nitrogens with one attached hydrogen (secondary N) is 2. The Balaban J connectivity index is 2.09. The first-order valence-electron chi connectivity index (χ1n) is 4.08. The summed E-state index contributed by atoms with van der Waals surface area (Å²) in [6.45, 7) is 1.97. The molecule has 2 atom stereocenters. The van der Waals surface area contributed by atoms with Crippen molar-refractivity contribution < 1.29 is 4.79 Å². The van der Waals surface area contributed by atoms with Crippen LogP contribution in [0.1, 0.15) is 0 Å². The van der Waals surface area contributed by atoms with Crippen LogP contribution in [0.3, 0.4) is 0 Å². The van der Waals surface area contributed by atoms with Crippen LogP contribution in [0.2, 0.25) is 0 Å². The fourth-order valence-corrected chi connectivity index (χ4v) is 4.07. The SMILES string of the molecule is O=CC1(C2NCCS2)NCCS1. The molecule has 3 nitrogen and oxygen atoms in total. The van der Waals surface area contributed by atoms with Gasteiger partial charge in [0.2, 0.25) is 0 Å². The zero-order valence-electron chi connectivity index (χ0n) is 6.71. The third-order valence-electron chi connectivity index (χ3n) is 2.13. The third kappa shape index (κ3) is 1.39.